The SMILES string of the molecule is Cc1sc(Br)cc1C(Cl)c1ccc(C(F)(F)F)cc1. The summed E-state index contributed by atoms with van der Waals surface area (Å²) in [6.07, 6.45) is -4.32. The molecule has 1 aromatic carbocycles. The van der Waals surface area contributed by atoms with Crippen molar-refractivity contribution in [3.8, 4) is 0 Å². The maximum atomic E-state index is 12.5. The van der Waals surface area contributed by atoms with Crippen LogP contribution in [0.3, 0.4) is 0 Å². The number of alkyl halides is 4. The zero-order chi connectivity index (χ0) is 14.2. The standard InChI is InChI=1S/C13H9BrClF3S/c1-7-10(6-11(14)19-7)12(15)8-2-4-9(5-3-8)13(16,17)18/h2-6,12H,1H3. The molecule has 1 atom stereocenters. The Labute approximate surface area is 126 Å². The van der Waals surface area contributed by atoms with Crippen LogP contribution in [0.4, 0.5) is 13.2 Å². The molecule has 6 heteroatoms. The third kappa shape index (κ3) is 3.33. The predicted octanol–water partition coefficient (Wildman–Crippen LogP) is 6.17. The lowest BCUT2D eigenvalue weighted by molar-refractivity contribution is -0.137. The first-order chi connectivity index (χ1) is 8.79. The van der Waals surface area contributed by atoms with Gasteiger partial charge in [-0.1, -0.05) is 12.1 Å². The third-order valence-corrected chi connectivity index (χ3v) is 4.79. The van der Waals surface area contributed by atoms with Gasteiger partial charge in [0.2, 0.25) is 0 Å². The number of hydrogen-bond donors (Lipinski definition) is 0. The summed E-state index contributed by atoms with van der Waals surface area (Å²) in [5.74, 6) is 0. The van der Waals surface area contributed by atoms with E-state index in [1.165, 1.54) is 12.1 Å². The molecule has 1 unspecified atom stereocenters. The van der Waals surface area contributed by atoms with E-state index < -0.39 is 17.1 Å². The molecule has 0 aliphatic carbocycles. The van der Waals surface area contributed by atoms with Gasteiger partial charge in [-0.3, -0.25) is 0 Å². The quantitative estimate of drug-likeness (QED) is 0.556. The Bertz CT molecular complexity index is 575. The van der Waals surface area contributed by atoms with Gasteiger partial charge in [0.25, 0.3) is 0 Å². The van der Waals surface area contributed by atoms with Crippen molar-refractivity contribution in [1.29, 1.82) is 0 Å². The van der Waals surface area contributed by atoms with Gasteiger partial charge in [0.1, 0.15) is 0 Å². The van der Waals surface area contributed by atoms with Crippen LogP contribution in [0.2, 0.25) is 0 Å². The van der Waals surface area contributed by atoms with Gasteiger partial charge >= 0.3 is 6.18 Å². The summed E-state index contributed by atoms with van der Waals surface area (Å²) in [5, 5.41) is -0.440. The molecule has 102 valence electrons. The second-order valence-corrected chi connectivity index (χ2v) is 7.12. The molecule has 0 radical (unpaired) electrons. The first kappa shape index (κ1) is 14.9. The molecule has 0 bridgehead atoms. The summed E-state index contributed by atoms with van der Waals surface area (Å²) >= 11 is 11.2. The van der Waals surface area contributed by atoms with Gasteiger partial charge in [-0.25, -0.2) is 0 Å². The molecule has 2 aromatic rings. The van der Waals surface area contributed by atoms with Gasteiger partial charge in [-0.05, 0) is 52.2 Å². The Morgan fingerprint density at radius 3 is 2.21 bits per heavy atom. The van der Waals surface area contributed by atoms with Crippen LogP contribution in [-0.4, -0.2) is 0 Å². The Balaban J connectivity index is 2.30. The molecule has 1 heterocycles. The molecule has 0 aliphatic rings. The average Bonchev–Trinajstić information content (AvgIpc) is 2.66. The van der Waals surface area contributed by atoms with Crippen LogP contribution < -0.4 is 0 Å². The van der Waals surface area contributed by atoms with Gasteiger partial charge in [-0.15, -0.1) is 22.9 Å². The number of hydrogen-bond acceptors (Lipinski definition) is 1. The molecule has 0 fully saturated rings. The van der Waals surface area contributed by atoms with Gasteiger partial charge in [0, 0.05) is 4.88 Å². The van der Waals surface area contributed by atoms with Gasteiger partial charge in [0.15, 0.2) is 0 Å². The fourth-order valence-electron chi connectivity index (χ4n) is 1.73. The lowest BCUT2D eigenvalue weighted by Crippen LogP contribution is -2.05. The van der Waals surface area contributed by atoms with Crippen LogP contribution in [0.5, 0.6) is 0 Å². The highest BCUT2D eigenvalue weighted by atomic mass is 79.9. The molecule has 0 saturated heterocycles. The second-order valence-electron chi connectivity index (χ2n) is 4.04. The Kier molecular flexibility index (Phi) is 4.28. The first-order valence-electron chi connectivity index (χ1n) is 5.36. The Morgan fingerprint density at radius 2 is 1.79 bits per heavy atom. The molecule has 2 rings (SSSR count). The van der Waals surface area contributed by atoms with Gasteiger partial charge in [-0.2, -0.15) is 13.2 Å². The van der Waals surface area contributed by atoms with E-state index in [9.17, 15) is 13.2 Å². The summed E-state index contributed by atoms with van der Waals surface area (Å²) < 4.78 is 38.4. The molecule has 0 amide bonds. The smallest absolute Gasteiger partial charge is 0.166 e. The molecular weight excluding hydrogens is 361 g/mol. The number of aryl methyl sites for hydroxylation is 1. The Hall–Kier alpha value is -0.520. The van der Waals surface area contributed by atoms with E-state index in [1.807, 2.05) is 13.0 Å². The lowest BCUT2D eigenvalue weighted by atomic mass is 10.0. The van der Waals surface area contributed by atoms with Crippen molar-refractivity contribution in [2.24, 2.45) is 0 Å². The molecule has 0 nitrogen and oxygen atoms in total. The van der Waals surface area contributed by atoms with E-state index in [2.05, 4.69) is 15.9 Å². The summed E-state index contributed by atoms with van der Waals surface area (Å²) in [6, 6.07) is 6.86. The molecule has 0 aliphatic heterocycles. The van der Waals surface area contributed by atoms with Crippen molar-refractivity contribution in [2.75, 3.05) is 0 Å². The minimum Gasteiger partial charge on any atom is -0.166 e. The van der Waals surface area contributed by atoms with Crippen molar-refractivity contribution in [2.45, 2.75) is 18.5 Å². The molecule has 0 saturated carbocycles. The van der Waals surface area contributed by atoms with E-state index in [4.69, 9.17) is 11.6 Å². The fourth-order valence-corrected chi connectivity index (χ4v) is 3.92. The van der Waals surface area contributed by atoms with Gasteiger partial charge in [0.05, 0.1) is 14.7 Å². The highest BCUT2D eigenvalue weighted by Crippen LogP contribution is 2.38. The fraction of sp³-hybridized carbons (Fsp3) is 0.231. The topological polar surface area (TPSA) is 0 Å². The molecule has 0 N–H and O–H groups in total. The van der Waals surface area contributed by atoms with Crippen LogP contribution in [-0.2, 0) is 6.18 Å². The van der Waals surface area contributed by atoms with Crippen molar-refractivity contribution < 1.29 is 13.2 Å². The molecule has 19 heavy (non-hydrogen) atoms. The van der Waals surface area contributed by atoms with Crippen LogP contribution in [0.1, 0.15) is 26.9 Å². The second kappa shape index (κ2) is 5.46. The van der Waals surface area contributed by atoms with Crippen molar-refractivity contribution in [1.82, 2.24) is 0 Å². The van der Waals surface area contributed by atoms with Crippen molar-refractivity contribution >= 4 is 38.9 Å². The van der Waals surface area contributed by atoms with E-state index in [1.54, 1.807) is 11.3 Å². The van der Waals surface area contributed by atoms with E-state index >= 15 is 0 Å². The first-order valence-corrected chi connectivity index (χ1v) is 7.40. The van der Waals surface area contributed by atoms with Crippen LogP contribution in [0, 0.1) is 6.92 Å². The van der Waals surface area contributed by atoms with Crippen LogP contribution in [0.25, 0.3) is 0 Å². The minimum atomic E-state index is -4.32. The monoisotopic (exact) mass is 368 g/mol. The van der Waals surface area contributed by atoms with E-state index in [0.29, 0.717) is 5.56 Å². The third-order valence-electron chi connectivity index (χ3n) is 2.73. The summed E-state index contributed by atoms with van der Waals surface area (Å²) in [6.45, 7) is 1.93. The van der Waals surface area contributed by atoms with Gasteiger partial charge < -0.3 is 0 Å². The highest BCUT2D eigenvalue weighted by Gasteiger charge is 2.30. The van der Waals surface area contributed by atoms with E-state index in [0.717, 1.165) is 26.4 Å². The average molecular weight is 370 g/mol. The Morgan fingerprint density at radius 1 is 1.21 bits per heavy atom. The maximum Gasteiger partial charge on any atom is 0.416 e. The minimum absolute atomic E-state index is 0.440. The normalized spacial score (nSPS) is 13.6. The molecular formula is C13H9BrClF3S. The maximum absolute atomic E-state index is 12.5. The zero-order valence-electron chi connectivity index (χ0n) is 9.76. The van der Waals surface area contributed by atoms with Crippen LogP contribution in [0.15, 0.2) is 34.1 Å². The van der Waals surface area contributed by atoms with E-state index in [-0.39, 0.29) is 0 Å². The number of halogens is 5. The highest BCUT2D eigenvalue weighted by molar-refractivity contribution is 9.11. The zero-order valence-corrected chi connectivity index (χ0v) is 12.9. The van der Waals surface area contributed by atoms with Crippen LogP contribution >= 0.6 is 38.9 Å². The summed E-state index contributed by atoms with van der Waals surface area (Å²) in [4.78, 5) is 1.05. The number of thiophene rings is 1. The molecule has 1 aromatic heterocycles. The lowest BCUT2D eigenvalue weighted by Gasteiger charge is -2.12. The molecule has 0 spiro atoms. The predicted molar refractivity (Wildman–Crippen MR) is 75.9 cm³/mol. The largest absolute Gasteiger partial charge is 0.416 e. The summed E-state index contributed by atoms with van der Waals surface area (Å²) in [7, 11) is 0. The number of rotatable bonds is 2. The number of benzene rings is 1. The van der Waals surface area contributed by atoms with Crippen molar-refractivity contribution in [3.63, 3.8) is 0 Å². The van der Waals surface area contributed by atoms with Crippen molar-refractivity contribution in [3.05, 3.63) is 55.7 Å². The summed E-state index contributed by atoms with van der Waals surface area (Å²) in [5.41, 5.74) is 0.907.